The van der Waals surface area contributed by atoms with Crippen LogP contribution in [0.2, 0.25) is 5.02 Å². The third-order valence-corrected chi connectivity index (χ3v) is 3.71. The van der Waals surface area contributed by atoms with Gasteiger partial charge in [-0.1, -0.05) is 33.6 Å². The van der Waals surface area contributed by atoms with E-state index in [0.717, 1.165) is 15.7 Å². The quantitative estimate of drug-likeness (QED) is 0.818. The first-order valence-corrected chi connectivity index (χ1v) is 7.40. The first-order valence-electron chi connectivity index (χ1n) is 6.23. The monoisotopic (exact) mass is 368 g/mol. The number of hydrogen-bond acceptors (Lipinski definition) is 3. The number of ether oxygens (including phenoxy) is 1. The molecule has 0 aliphatic rings. The van der Waals surface area contributed by atoms with Crippen molar-refractivity contribution in [2.24, 2.45) is 5.73 Å². The minimum absolute atomic E-state index is 0.121. The van der Waals surface area contributed by atoms with Gasteiger partial charge in [-0.3, -0.25) is 4.79 Å². The van der Waals surface area contributed by atoms with Crippen molar-refractivity contribution in [2.75, 3.05) is 11.9 Å². The van der Waals surface area contributed by atoms with Crippen LogP contribution in [-0.4, -0.2) is 12.5 Å². The summed E-state index contributed by atoms with van der Waals surface area (Å²) in [5, 5.41) is 3.99. The second-order valence-electron chi connectivity index (χ2n) is 4.37. The molecule has 2 rings (SSSR count). The molecule has 3 N–H and O–H groups in total. The van der Waals surface area contributed by atoms with Crippen LogP contribution in [0.4, 0.5) is 5.69 Å². The van der Waals surface area contributed by atoms with Crippen LogP contribution in [0.5, 0.6) is 5.75 Å². The smallest absolute Gasteiger partial charge is 0.255 e. The van der Waals surface area contributed by atoms with Gasteiger partial charge in [-0.2, -0.15) is 0 Å². The largest absolute Gasteiger partial charge is 0.484 e. The second kappa shape index (κ2) is 7.33. The summed E-state index contributed by atoms with van der Waals surface area (Å²) in [4.78, 5) is 10.6. The predicted octanol–water partition coefficient (Wildman–Crippen LogP) is 3.58. The Morgan fingerprint density at radius 3 is 2.57 bits per heavy atom. The van der Waals surface area contributed by atoms with E-state index in [1.807, 2.05) is 30.3 Å². The standard InChI is InChI=1S/C15H14BrClN2O2/c16-14-7-11(17)2-1-10(14)8-19-12-3-5-13(6-4-12)21-9-15(18)20/h1-7,19H,8-9H2,(H2,18,20). The molecule has 2 aromatic carbocycles. The molecular weight excluding hydrogens is 356 g/mol. The molecule has 21 heavy (non-hydrogen) atoms. The molecule has 0 fully saturated rings. The van der Waals surface area contributed by atoms with Crippen LogP contribution < -0.4 is 15.8 Å². The van der Waals surface area contributed by atoms with Crippen LogP contribution in [0, 0.1) is 0 Å². The maximum absolute atomic E-state index is 10.6. The molecule has 0 spiro atoms. The van der Waals surface area contributed by atoms with Gasteiger partial charge in [0.2, 0.25) is 0 Å². The van der Waals surface area contributed by atoms with E-state index in [4.69, 9.17) is 22.1 Å². The van der Waals surface area contributed by atoms with Gasteiger partial charge in [-0.15, -0.1) is 0 Å². The van der Waals surface area contributed by atoms with Crippen molar-refractivity contribution in [1.82, 2.24) is 0 Å². The van der Waals surface area contributed by atoms with E-state index in [9.17, 15) is 4.79 Å². The number of hydrogen-bond donors (Lipinski definition) is 2. The zero-order chi connectivity index (χ0) is 15.2. The molecule has 0 unspecified atom stereocenters. The predicted molar refractivity (Wildman–Crippen MR) is 87.6 cm³/mol. The van der Waals surface area contributed by atoms with Crippen molar-refractivity contribution in [3.05, 3.63) is 57.5 Å². The number of anilines is 1. The Morgan fingerprint density at radius 2 is 1.95 bits per heavy atom. The van der Waals surface area contributed by atoms with E-state index >= 15 is 0 Å². The normalized spacial score (nSPS) is 10.2. The van der Waals surface area contributed by atoms with Crippen molar-refractivity contribution in [3.63, 3.8) is 0 Å². The summed E-state index contributed by atoms with van der Waals surface area (Å²) >= 11 is 9.38. The van der Waals surface area contributed by atoms with Crippen LogP contribution in [-0.2, 0) is 11.3 Å². The summed E-state index contributed by atoms with van der Waals surface area (Å²) in [5.74, 6) is 0.108. The molecule has 6 heteroatoms. The Labute approximate surface area is 136 Å². The summed E-state index contributed by atoms with van der Waals surface area (Å²) in [6.45, 7) is 0.545. The van der Waals surface area contributed by atoms with Gasteiger partial charge in [0.25, 0.3) is 5.91 Å². The van der Waals surface area contributed by atoms with Crippen LogP contribution >= 0.6 is 27.5 Å². The fourth-order valence-electron chi connectivity index (χ4n) is 1.69. The molecule has 110 valence electrons. The van der Waals surface area contributed by atoms with Gasteiger partial charge in [0.05, 0.1) is 0 Å². The van der Waals surface area contributed by atoms with Crippen LogP contribution in [0.25, 0.3) is 0 Å². The lowest BCUT2D eigenvalue weighted by molar-refractivity contribution is -0.119. The van der Waals surface area contributed by atoms with E-state index in [2.05, 4.69) is 21.2 Å². The molecule has 0 aliphatic carbocycles. The van der Waals surface area contributed by atoms with Crippen LogP contribution in [0.3, 0.4) is 0 Å². The Morgan fingerprint density at radius 1 is 1.24 bits per heavy atom. The molecule has 1 amide bonds. The van der Waals surface area contributed by atoms with Crippen molar-refractivity contribution in [1.29, 1.82) is 0 Å². The summed E-state index contributed by atoms with van der Waals surface area (Å²) in [7, 11) is 0. The fraction of sp³-hybridized carbons (Fsp3) is 0.133. The van der Waals surface area contributed by atoms with Gasteiger partial charge >= 0.3 is 0 Å². The second-order valence-corrected chi connectivity index (χ2v) is 5.66. The van der Waals surface area contributed by atoms with Crippen molar-refractivity contribution < 1.29 is 9.53 Å². The Hall–Kier alpha value is -1.72. The molecule has 0 atom stereocenters. The molecule has 0 saturated heterocycles. The average Bonchev–Trinajstić information content (AvgIpc) is 2.45. The topological polar surface area (TPSA) is 64.4 Å². The third kappa shape index (κ3) is 4.95. The Bertz CT molecular complexity index is 632. The highest BCUT2D eigenvalue weighted by Crippen LogP contribution is 2.23. The number of halogens is 2. The number of benzene rings is 2. The fourth-order valence-corrected chi connectivity index (χ4v) is 2.51. The number of nitrogens with two attached hydrogens (primary N) is 1. The van der Waals surface area contributed by atoms with Crippen LogP contribution in [0.1, 0.15) is 5.56 Å². The van der Waals surface area contributed by atoms with E-state index in [-0.39, 0.29) is 6.61 Å². The lowest BCUT2D eigenvalue weighted by atomic mass is 10.2. The number of amides is 1. The van der Waals surface area contributed by atoms with Gasteiger partial charge in [-0.25, -0.2) is 0 Å². The minimum atomic E-state index is -0.496. The Balaban J connectivity index is 1.92. The van der Waals surface area contributed by atoms with Crippen molar-refractivity contribution in [2.45, 2.75) is 6.54 Å². The molecule has 0 heterocycles. The molecule has 4 nitrogen and oxygen atoms in total. The molecule has 2 aromatic rings. The van der Waals surface area contributed by atoms with Gasteiger partial charge in [0, 0.05) is 21.7 Å². The molecule has 0 bridgehead atoms. The SMILES string of the molecule is NC(=O)COc1ccc(NCc2ccc(Cl)cc2Br)cc1. The zero-order valence-corrected chi connectivity index (χ0v) is 13.4. The molecule has 0 radical (unpaired) electrons. The summed E-state index contributed by atoms with van der Waals surface area (Å²) in [6, 6.07) is 13.0. The maximum atomic E-state index is 10.6. The highest BCUT2D eigenvalue weighted by atomic mass is 79.9. The molecule has 0 saturated carbocycles. The van der Waals surface area contributed by atoms with E-state index in [1.54, 1.807) is 12.1 Å². The van der Waals surface area contributed by atoms with E-state index < -0.39 is 5.91 Å². The van der Waals surface area contributed by atoms with E-state index in [0.29, 0.717) is 17.3 Å². The van der Waals surface area contributed by atoms with Gasteiger partial charge < -0.3 is 15.8 Å². The van der Waals surface area contributed by atoms with Crippen molar-refractivity contribution >= 4 is 39.1 Å². The highest BCUT2D eigenvalue weighted by molar-refractivity contribution is 9.10. The summed E-state index contributed by atoms with van der Waals surface area (Å²) in [6.07, 6.45) is 0. The molecule has 0 aliphatic heterocycles. The van der Waals surface area contributed by atoms with Crippen molar-refractivity contribution in [3.8, 4) is 5.75 Å². The Kier molecular flexibility index (Phi) is 5.47. The number of primary amides is 1. The van der Waals surface area contributed by atoms with E-state index in [1.165, 1.54) is 0 Å². The minimum Gasteiger partial charge on any atom is -0.484 e. The van der Waals surface area contributed by atoms with Gasteiger partial charge in [0.1, 0.15) is 5.75 Å². The number of rotatable bonds is 6. The van der Waals surface area contributed by atoms with Gasteiger partial charge in [0.15, 0.2) is 6.61 Å². The lowest BCUT2D eigenvalue weighted by Gasteiger charge is -2.10. The summed E-state index contributed by atoms with van der Waals surface area (Å²) < 4.78 is 6.15. The average molecular weight is 370 g/mol. The number of nitrogens with one attached hydrogen (secondary N) is 1. The molecule has 0 aromatic heterocycles. The first-order chi connectivity index (χ1) is 10.0. The lowest BCUT2D eigenvalue weighted by Crippen LogP contribution is -2.19. The first kappa shape index (κ1) is 15.7. The van der Waals surface area contributed by atoms with Gasteiger partial charge in [-0.05, 0) is 42.0 Å². The summed E-state index contributed by atoms with van der Waals surface area (Å²) in [5.41, 5.74) is 7.07. The number of carbonyl (C=O) groups excluding carboxylic acids is 1. The third-order valence-electron chi connectivity index (χ3n) is 2.73. The zero-order valence-electron chi connectivity index (χ0n) is 11.1. The van der Waals surface area contributed by atoms with Crippen LogP contribution in [0.15, 0.2) is 46.9 Å². The maximum Gasteiger partial charge on any atom is 0.255 e. The highest BCUT2D eigenvalue weighted by Gasteiger charge is 2.02. The number of carbonyl (C=O) groups is 1. The molecular formula is C15H14BrClN2O2.